The van der Waals surface area contributed by atoms with Crippen molar-refractivity contribution < 1.29 is 19.1 Å². The number of anilines is 2. The van der Waals surface area contributed by atoms with Crippen LogP contribution in [0, 0.1) is 0 Å². The van der Waals surface area contributed by atoms with Gasteiger partial charge in [0.1, 0.15) is 18.1 Å². The van der Waals surface area contributed by atoms with E-state index in [4.69, 9.17) is 9.47 Å². The first-order valence-corrected chi connectivity index (χ1v) is 12.8. The van der Waals surface area contributed by atoms with E-state index >= 15 is 0 Å². The van der Waals surface area contributed by atoms with E-state index in [0.29, 0.717) is 61.3 Å². The first-order valence-electron chi connectivity index (χ1n) is 12.8. The molecule has 200 valence electrons. The van der Waals surface area contributed by atoms with E-state index in [1.807, 2.05) is 47.2 Å². The Hall–Kier alpha value is -4.51. The van der Waals surface area contributed by atoms with Gasteiger partial charge >= 0.3 is 0 Å². The van der Waals surface area contributed by atoms with Gasteiger partial charge in [-0.1, -0.05) is 0 Å². The minimum Gasteiger partial charge on any atom is -0.497 e. The van der Waals surface area contributed by atoms with E-state index in [1.165, 1.54) is 0 Å². The molecule has 0 bridgehead atoms. The lowest BCUT2D eigenvalue weighted by Gasteiger charge is -2.49. The van der Waals surface area contributed by atoms with Crippen LogP contribution < -0.4 is 10.1 Å². The summed E-state index contributed by atoms with van der Waals surface area (Å²) in [6.07, 6.45) is 4.74. The lowest BCUT2D eigenvalue weighted by molar-refractivity contribution is -0.158. The van der Waals surface area contributed by atoms with Crippen LogP contribution in [0.1, 0.15) is 23.3 Å². The third-order valence-corrected chi connectivity index (χ3v) is 7.66. The van der Waals surface area contributed by atoms with Gasteiger partial charge < -0.3 is 29.6 Å². The molecule has 1 spiro atoms. The number of amides is 2. The van der Waals surface area contributed by atoms with E-state index < -0.39 is 0 Å². The van der Waals surface area contributed by atoms with Crippen molar-refractivity contribution in [1.29, 1.82) is 0 Å². The number of aromatic nitrogens is 4. The maximum Gasteiger partial charge on any atom is 0.270 e. The van der Waals surface area contributed by atoms with Crippen molar-refractivity contribution >= 4 is 34.4 Å². The average Bonchev–Trinajstić information content (AvgIpc) is 3.40. The minimum absolute atomic E-state index is 0.00449. The average molecular weight is 528 g/mol. The van der Waals surface area contributed by atoms with Gasteiger partial charge in [0.15, 0.2) is 0 Å². The third kappa shape index (κ3) is 4.76. The van der Waals surface area contributed by atoms with Crippen molar-refractivity contribution in [3.05, 3.63) is 60.6 Å². The molecule has 0 aliphatic carbocycles. The van der Waals surface area contributed by atoms with Crippen LogP contribution in [0.2, 0.25) is 0 Å². The summed E-state index contributed by atoms with van der Waals surface area (Å²) in [5, 5.41) is 4.14. The Morgan fingerprint density at radius 3 is 2.72 bits per heavy atom. The largest absolute Gasteiger partial charge is 0.497 e. The molecule has 2 aliphatic rings. The van der Waals surface area contributed by atoms with Gasteiger partial charge in [-0.2, -0.15) is 0 Å². The normalized spacial score (nSPS) is 17.0. The fraction of sp³-hybridized carbons (Fsp3) is 0.321. The highest BCUT2D eigenvalue weighted by atomic mass is 16.5. The first-order chi connectivity index (χ1) is 18.9. The Kier molecular flexibility index (Phi) is 6.35. The number of morpholine rings is 1. The van der Waals surface area contributed by atoms with E-state index in [2.05, 4.69) is 25.3 Å². The number of rotatable bonds is 5. The van der Waals surface area contributed by atoms with Crippen molar-refractivity contribution in [2.24, 2.45) is 0 Å². The summed E-state index contributed by atoms with van der Waals surface area (Å²) >= 11 is 0. The molecule has 11 nitrogen and oxygen atoms in total. The second kappa shape index (κ2) is 9.99. The van der Waals surface area contributed by atoms with Crippen LogP contribution in [0.5, 0.6) is 5.75 Å². The number of benzene rings is 1. The van der Waals surface area contributed by atoms with Gasteiger partial charge in [0.05, 0.1) is 30.6 Å². The number of likely N-dealkylation sites (tertiary alicyclic amines) is 1. The van der Waals surface area contributed by atoms with Crippen LogP contribution in [-0.4, -0.2) is 87.5 Å². The molecule has 2 aliphatic heterocycles. The topological polar surface area (TPSA) is 126 Å². The van der Waals surface area contributed by atoms with Gasteiger partial charge in [0, 0.05) is 55.2 Å². The zero-order chi connectivity index (χ0) is 27.0. The van der Waals surface area contributed by atoms with E-state index in [0.717, 1.165) is 16.6 Å². The number of nitrogens with one attached hydrogen (secondary N) is 2. The molecular weight excluding hydrogens is 498 g/mol. The van der Waals surface area contributed by atoms with Crippen molar-refractivity contribution in [1.82, 2.24) is 29.7 Å². The molecule has 4 aromatic rings. The molecule has 1 aromatic carbocycles. The van der Waals surface area contributed by atoms with Crippen LogP contribution in [0.3, 0.4) is 0 Å². The van der Waals surface area contributed by atoms with Crippen LogP contribution in [-0.2, 0) is 9.53 Å². The van der Waals surface area contributed by atoms with Gasteiger partial charge in [-0.25, -0.2) is 9.97 Å². The van der Waals surface area contributed by atoms with Crippen molar-refractivity contribution in [2.45, 2.75) is 18.4 Å². The molecule has 3 aromatic heterocycles. The Balaban J connectivity index is 1.16. The summed E-state index contributed by atoms with van der Waals surface area (Å²) < 4.78 is 10.8. The predicted molar refractivity (Wildman–Crippen MR) is 145 cm³/mol. The molecule has 2 amide bonds. The number of ether oxygens (including phenoxy) is 2. The van der Waals surface area contributed by atoms with E-state index in [1.54, 1.807) is 31.6 Å². The Bertz CT molecular complexity index is 1540. The highest BCUT2D eigenvalue weighted by molar-refractivity contribution is 5.99. The number of pyridine rings is 1. The second-order valence-corrected chi connectivity index (χ2v) is 9.92. The molecule has 0 unspecified atom stereocenters. The smallest absolute Gasteiger partial charge is 0.270 e. The summed E-state index contributed by atoms with van der Waals surface area (Å²) in [6, 6.07) is 13.0. The Morgan fingerprint density at radius 1 is 1.08 bits per heavy atom. The number of carbonyl (C=O) groups is 2. The molecular formula is C28H29N7O4. The van der Waals surface area contributed by atoms with Crippen molar-refractivity contribution in [3.8, 4) is 17.1 Å². The number of hydrogen-bond donors (Lipinski definition) is 2. The van der Waals surface area contributed by atoms with Crippen molar-refractivity contribution in [3.63, 3.8) is 0 Å². The Morgan fingerprint density at radius 2 is 1.90 bits per heavy atom. The minimum atomic E-state index is -0.324. The van der Waals surface area contributed by atoms with Crippen LogP contribution in [0.15, 0.2) is 54.9 Å². The first kappa shape index (κ1) is 24.8. The van der Waals surface area contributed by atoms with Crippen LogP contribution in [0.4, 0.5) is 11.6 Å². The van der Waals surface area contributed by atoms with Gasteiger partial charge in [-0.05, 0) is 49.2 Å². The highest BCUT2D eigenvalue weighted by Gasteiger charge is 2.44. The zero-order valence-corrected chi connectivity index (χ0v) is 21.8. The molecule has 11 heteroatoms. The molecule has 0 saturated carbocycles. The van der Waals surface area contributed by atoms with Crippen LogP contribution >= 0.6 is 0 Å². The molecule has 2 fully saturated rings. The Labute approximate surface area is 225 Å². The number of H-pyrrole nitrogens is 1. The number of piperidine rings is 1. The molecule has 39 heavy (non-hydrogen) atoms. The predicted octanol–water partition coefficient (Wildman–Crippen LogP) is 3.24. The number of aromatic amines is 1. The summed E-state index contributed by atoms with van der Waals surface area (Å²) in [5.41, 5.74) is 3.21. The maximum absolute atomic E-state index is 13.3. The summed E-state index contributed by atoms with van der Waals surface area (Å²) in [6.45, 7) is 1.78. The summed E-state index contributed by atoms with van der Waals surface area (Å²) in [4.78, 5) is 45.7. The standard InChI is InChI=1S/C28H29N7O4/c1-34-25(36)16-39-17-28(34)7-11-35(12-8-28)26(37)24-14-18-13-19(3-4-21(18)32-24)31-27-30-10-6-22(33-27)23-15-20(38-2)5-9-29-23/h3-6,9-10,13-15,32H,7-8,11-12,16-17H2,1-2H3,(H,30,31,33). The lowest BCUT2D eigenvalue weighted by Crippen LogP contribution is -2.62. The summed E-state index contributed by atoms with van der Waals surface area (Å²) in [7, 11) is 3.45. The number of fused-ring (bicyclic) bond motifs is 1. The fourth-order valence-electron chi connectivity index (χ4n) is 5.26. The van der Waals surface area contributed by atoms with Gasteiger partial charge in [-0.15, -0.1) is 0 Å². The molecule has 2 N–H and O–H groups in total. The molecule has 5 heterocycles. The van der Waals surface area contributed by atoms with E-state index in [-0.39, 0.29) is 24.0 Å². The third-order valence-electron chi connectivity index (χ3n) is 7.66. The highest BCUT2D eigenvalue weighted by Crippen LogP contribution is 2.32. The molecule has 0 atom stereocenters. The summed E-state index contributed by atoms with van der Waals surface area (Å²) in [5.74, 6) is 1.07. The SMILES string of the molecule is COc1ccnc(-c2ccnc(Nc3ccc4[nH]c(C(=O)N5CCC6(CC5)COCC(=O)N6C)cc4c3)n2)c1. The number of nitrogens with zero attached hydrogens (tertiary/aromatic N) is 5. The van der Waals surface area contributed by atoms with Gasteiger partial charge in [-0.3, -0.25) is 14.6 Å². The lowest BCUT2D eigenvalue weighted by atomic mass is 9.85. The maximum atomic E-state index is 13.3. The number of hydrogen-bond acceptors (Lipinski definition) is 8. The van der Waals surface area contributed by atoms with Crippen molar-refractivity contribution in [2.75, 3.05) is 45.8 Å². The second-order valence-electron chi connectivity index (χ2n) is 9.92. The monoisotopic (exact) mass is 527 g/mol. The fourth-order valence-corrected chi connectivity index (χ4v) is 5.26. The van der Waals surface area contributed by atoms with Gasteiger partial charge in [0.2, 0.25) is 11.9 Å². The van der Waals surface area contributed by atoms with E-state index in [9.17, 15) is 9.59 Å². The number of carbonyl (C=O) groups excluding carboxylic acids is 2. The number of likely N-dealkylation sites (N-methyl/N-ethyl adjacent to an activating group) is 1. The quantitative estimate of drug-likeness (QED) is 0.405. The number of methoxy groups -OCH3 is 1. The molecule has 0 radical (unpaired) electrons. The molecule has 6 rings (SSSR count). The van der Waals surface area contributed by atoms with Crippen LogP contribution in [0.25, 0.3) is 22.3 Å². The van der Waals surface area contributed by atoms with Gasteiger partial charge in [0.25, 0.3) is 5.91 Å². The molecule has 2 saturated heterocycles. The zero-order valence-electron chi connectivity index (χ0n) is 21.8.